The quantitative estimate of drug-likeness (QED) is 0.663. The molecule has 6 heteroatoms. The van der Waals surface area contributed by atoms with Gasteiger partial charge in [0.15, 0.2) is 11.5 Å². The molecule has 2 aromatic carbocycles. The van der Waals surface area contributed by atoms with Crippen LogP contribution in [-0.2, 0) is 9.59 Å². The van der Waals surface area contributed by atoms with E-state index in [9.17, 15) is 9.59 Å². The molecule has 1 saturated heterocycles. The van der Waals surface area contributed by atoms with E-state index in [-0.39, 0.29) is 23.8 Å². The van der Waals surface area contributed by atoms with Gasteiger partial charge in [0.2, 0.25) is 11.8 Å². The molecule has 1 atom stereocenters. The van der Waals surface area contributed by atoms with Crippen LogP contribution in [0.5, 0.6) is 11.5 Å². The van der Waals surface area contributed by atoms with Gasteiger partial charge < -0.3 is 19.7 Å². The minimum atomic E-state index is -0.157. The van der Waals surface area contributed by atoms with Gasteiger partial charge in [-0.2, -0.15) is 0 Å². The van der Waals surface area contributed by atoms with E-state index in [0.717, 1.165) is 16.7 Å². The van der Waals surface area contributed by atoms with Crippen molar-refractivity contribution < 1.29 is 19.1 Å². The van der Waals surface area contributed by atoms with E-state index in [2.05, 4.69) is 5.32 Å². The number of rotatable bonds is 7. The molecule has 1 N–H and O–H groups in total. The van der Waals surface area contributed by atoms with Crippen molar-refractivity contribution >= 4 is 17.9 Å². The van der Waals surface area contributed by atoms with Crippen molar-refractivity contribution in [2.75, 3.05) is 27.3 Å². The molecule has 0 spiro atoms. The van der Waals surface area contributed by atoms with Gasteiger partial charge in [0.1, 0.15) is 0 Å². The van der Waals surface area contributed by atoms with E-state index < -0.39 is 0 Å². The Morgan fingerprint density at radius 2 is 1.69 bits per heavy atom. The maximum Gasteiger partial charge on any atom is 0.246 e. The van der Waals surface area contributed by atoms with Gasteiger partial charge in [-0.25, -0.2) is 0 Å². The van der Waals surface area contributed by atoms with Gasteiger partial charge in [0.25, 0.3) is 0 Å². The SMILES string of the molecule is COc1cc(C)c(C(C)NC(=O)C2CCN(C(=O)/C=C/c3ccccc3)CC2)cc1OC. The zero-order chi connectivity index (χ0) is 23.1. The molecule has 1 unspecified atom stereocenters. The van der Waals surface area contributed by atoms with Gasteiger partial charge >= 0.3 is 0 Å². The Bertz CT molecular complexity index is 963. The number of likely N-dealkylation sites (tertiary alicyclic amines) is 1. The fraction of sp³-hybridized carbons (Fsp3) is 0.385. The van der Waals surface area contributed by atoms with Crippen molar-refractivity contribution in [3.05, 3.63) is 65.2 Å². The summed E-state index contributed by atoms with van der Waals surface area (Å²) in [5, 5.41) is 3.13. The molecule has 170 valence electrons. The Morgan fingerprint density at radius 3 is 2.31 bits per heavy atom. The predicted octanol–water partition coefficient (Wildman–Crippen LogP) is 4.14. The number of nitrogens with one attached hydrogen (secondary N) is 1. The Morgan fingerprint density at radius 1 is 1.06 bits per heavy atom. The molecule has 1 aliphatic rings. The van der Waals surface area contributed by atoms with E-state index in [1.165, 1.54) is 0 Å². The largest absolute Gasteiger partial charge is 0.493 e. The number of amides is 2. The molecule has 32 heavy (non-hydrogen) atoms. The molecule has 0 radical (unpaired) electrons. The lowest BCUT2D eigenvalue weighted by molar-refractivity contribution is -0.132. The van der Waals surface area contributed by atoms with Crippen LogP contribution < -0.4 is 14.8 Å². The molecular formula is C26H32N2O4. The second-order valence-corrected chi connectivity index (χ2v) is 8.14. The van der Waals surface area contributed by atoms with Crippen molar-refractivity contribution in [3.63, 3.8) is 0 Å². The molecule has 2 aromatic rings. The first-order valence-electron chi connectivity index (χ1n) is 11.0. The Labute approximate surface area is 190 Å². The van der Waals surface area contributed by atoms with Gasteiger partial charge in [-0.05, 0) is 61.6 Å². The standard InChI is InChI=1S/C26H32N2O4/c1-18-16-23(31-3)24(32-4)17-22(18)19(2)27-26(30)21-12-14-28(15-13-21)25(29)11-10-20-8-6-5-7-9-20/h5-11,16-17,19,21H,12-15H2,1-4H3,(H,27,30)/b11-10+. The van der Waals surface area contributed by atoms with Gasteiger partial charge in [0.05, 0.1) is 20.3 Å². The average molecular weight is 437 g/mol. The average Bonchev–Trinajstić information content (AvgIpc) is 2.82. The predicted molar refractivity (Wildman–Crippen MR) is 126 cm³/mol. The Balaban J connectivity index is 1.54. The van der Waals surface area contributed by atoms with Crippen LogP contribution in [0.15, 0.2) is 48.5 Å². The second-order valence-electron chi connectivity index (χ2n) is 8.14. The highest BCUT2D eigenvalue weighted by atomic mass is 16.5. The summed E-state index contributed by atoms with van der Waals surface area (Å²) in [7, 11) is 3.21. The number of ether oxygens (including phenoxy) is 2. The number of hydrogen-bond donors (Lipinski definition) is 1. The molecule has 2 amide bonds. The van der Waals surface area contributed by atoms with Crippen LogP contribution in [0.4, 0.5) is 0 Å². The summed E-state index contributed by atoms with van der Waals surface area (Å²) in [6.07, 6.45) is 4.76. The van der Waals surface area contributed by atoms with Crippen molar-refractivity contribution in [1.82, 2.24) is 10.2 Å². The fourth-order valence-electron chi connectivity index (χ4n) is 4.07. The van der Waals surface area contributed by atoms with E-state index >= 15 is 0 Å². The third-order valence-corrected chi connectivity index (χ3v) is 5.99. The topological polar surface area (TPSA) is 67.9 Å². The van der Waals surface area contributed by atoms with Crippen molar-refractivity contribution in [2.45, 2.75) is 32.7 Å². The molecule has 0 bridgehead atoms. The minimum absolute atomic E-state index is 0.0120. The van der Waals surface area contributed by atoms with Crippen LogP contribution in [0.2, 0.25) is 0 Å². The van der Waals surface area contributed by atoms with Gasteiger partial charge in [0, 0.05) is 25.1 Å². The molecule has 1 aliphatic heterocycles. The van der Waals surface area contributed by atoms with E-state index in [4.69, 9.17) is 9.47 Å². The van der Waals surface area contributed by atoms with Crippen molar-refractivity contribution in [3.8, 4) is 11.5 Å². The molecule has 0 aromatic heterocycles. The monoisotopic (exact) mass is 436 g/mol. The highest BCUT2D eigenvalue weighted by Gasteiger charge is 2.28. The lowest BCUT2D eigenvalue weighted by Gasteiger charge is -2.31. The second kappa shape index (κ2) is 10.8. The molecule has 3 rings (SSSR count). The number of aryl methyl sites for hydroxylation is 1. The molecule has 6 nitrogen and oxygen atoms in total. The third-order valence-electron chi connectivity index (χ3n) is 5.99. The third kappa shape index (κ3) is 5.69. The maximum absolute atomic E-state index is 12.9. The summed E-state index contributed by atoms with van der Waals surface area (Å²) in [4.78, 5) is 27.2. The van der Waals surface area contributed by atoms with Crippen LogP contribution in [0.25, 0.3) is 6.08 Å². The highest BCUT2D eigenvalue weighted by Crippen LogP contribution is 2.33. The maximum atomic E-state index is 12.9. The lowest BCUT2D eigenvalue weighted by Crippen LogP contribution is -2.43. The Kier molecular flexibility index (Phi) is 7.92. The van der Waals surface area contributed by atoms with E-state index in [0.29, 0.717) is 37.4 Å². The number of carbonyl (C=O) groups is 2. The van der Waals surface area contributed by atoms with Crippen LogP contribution in [0, 0.1) is 12.8 Å². The minimum Gasteiger partial charge on any atom is -0.493 e. The van der Waals surface area contributed by atoms with Crippen LogP contribution >= 0.6 is 0 Å². The summed E-state index contributed by atoms with van der Waals surface area (Å²) in [6.45, 7) is 5.13. The number of methoxy groups -OCH3 is 2. The molecule has 1 heterocycles. The van der Waals surface area contributed by atoms with Gasteiger partial charge in [-0.1, -0.05) is 30.3 Å². The van der Waals surface area contributed by atoms with E-state index in [1.807, 2.05) is 67.3 Å². The normalized spacial score (nSPS) is 15.4. The summed E-state index contributed by atoms with van der Waals surface area (Å²) in [5.74, 6) is 1.23. The van der Waals surface area contributed by atoms with E-state index in [1.54, 1.807) is 20.3 Å². The zero-order valence-electron chi connectivity index (χ0n) is 19.3. The smallest absolute Gasteiger partial charge is 0.246 e. The number of piperidine rings is 1. The lowest BCUT2D eigenvalue weighted by atomic mass is 9.94. The van der Waals surface area contributed by atoms with Crippen LogP contribution in [-0.4, -0.2) is 44.0 Å². The summed E-state index contributed by atoms with van der Waals surface area (Å²) in [5.41, 5.74) is 3.02. The zero-order valence-corrected chi connectivity index (χ0v) is 19.3. The molecule has 0 saturated carbocycles. The molecule has 0 aliphatic carbocycles. The molecule has 1 fully saturated rings. The highest BCUT2D eigenvalue weighted by molar-refractivity contribution is 5.92. The first kappa shape index (κ1) is 23.4. The van der Waals surface area contributed by atoms with Crippen LogP contribution in [0.3, 0.4) is 0 Å². The van der Waals surface area contributed by atoms with Gasteiger partial charge in [-0.15, -0.1) is 0 Å². The van der Waals surface area contributed by atoms with Gasteiger partial charge in [-0.3, -0.25) is 9.59 Å². The van der Waals surface area contributed by atoms with Crippen molar-refractivity contribution in [1.29, 1.82) is 0 Å². The van der Waals surface area contributed by atoms with Crippen LogP contribution in [0.1, 0.15) is 42.5 Å². The Hall–Kier alpha value is -3.28. The number of benzene rings is 2. The first-order chi connectivity index (χ1) is 15.4. The number of hydrogen-bond acceptors (Lipinski definition) is 4. The number of nitrogens with zero attached hydrogens (tertiary/aromatic N) is 1. The summed E-state index contributed by atoms with van der Waals surface area (Å²) >= 11 is 0. The number of carbonyl (C=O) groups excluding carboxylic acids is 2. The fourth-order valence-corrected chi connectivity index (χ4v) is 4.07. The molecular weight excluding hydrogens is 404 g/mol. The summed E-state index contributed by atoms with van der Waals surface area (Å²) < 4.78 is 10.8. The summed E-state index contributed by atoms with van der Waals surface area (Å²) in [6, 6.07) is 13.4. The van der Waals surface area contributed by atoms with Crippen molar-refractivity contribution in [2.24, 2.45) is 5.92 Å². The first-order valence-corrected chi connectivity index (χ1v) is 11.0.